The number of hydrogen-bond acceptors (Lipinski definition) is 5. The predicted molar refractivity (Wildman–Crippen MR) is 116 cm³/mol. The van der Waals surface area contributed by atoms with E-state index in [1.165, 1.54) is 18.2 Å². The number of halogens is 5. The van der Waals surface area contributed by atoms with Crippen LogP contribution in [0.4, 0.5) is 24.5 Å². The Labute approximate surface area is 195 Å². The molecule has 33 heavy (non-hydrogen) atoms. The van der Waals surface area contributed by atoms with Crippen LogP contribution in [0, 0.1) is 24.0 Å². The Balaban J connectivity index is 1.85. The molecule has 1 amide bonds. The molecule has 0 fully saturated rings. The molecule has 0 aliphatic heterocycles. The SMILES string of the molecule is Cc1cc(Oc2ncc(C(F)(F)F)cc2Cl)c(C)cc1NC(=O)c1cc([N+](=O)[O-])ccc1Cl. The van der Waals surface area contributed by atoms with E-state index >= 15 is 0 Å². The second-order valence-corrected chi connectivity index (χ2v) is 7.73. The first-order valence-electron chi connectivity index (χ1n) is 9.14. The molecule has 0 aliphatic carbocycles. The first kappa shape index (κ1) is 24.3. The molecule has 1 heterocycles. The van der Waals surface area contributed by atoms with Crippen LogP contribution in [-0.2, 0) is 6.18 Å². The number of non-ortho nitro benzene ring substituents is 1. The highest BCUT2D eigenvalue weighted by Crippen LogP contribution is 2.36. The van der Waals surface area contributed by atoms with E-state index in [9.17, 15) is 28.1 Å². The fraction of sp³-hybridized carbons (Fsp3) is 0.143. The zero-order chi connectivity index (χ0) is 24.5. The normalized spacial score (nSPS) is 11.2. The zero-order valence-electron chi connectivity index (χ0n) is 17.0. The number of hydrogen-bond donors (Lipinski definition) is 1. The lowest BCUT2D eigenvalue weighted by atomic mass is 10.1. The van der Waals surface area contributed by atoms with E-state index in [1.807, 2.05) is 0 Å². The van der Waals surface area contributed by atoms with E-state index in [4.69, 9.17) is 27.9 Å². The summed E-state index contributed by atoms with van der Waals surface area (Å²) < 4.78 is 43.9. The maximum absolute atomic E-state index is 12.8. The van der Waals surface area contributed by atoms with E-state index in [2.05, 4.69) is 10.3 Å². The maximum Gasteiger partial charge on any atom is 0.417 e. The van der Waals surface area contributed by atoms with Crippen molar-refractivity contribution in [1.29, 1.82) is 0 Å². The van der Waals surface area contributed by atoms with Crippen LogP contribution in [0.25, 0.3) is 0 Å². The van der Waals surface area contributed by atoms with Gasteiger partial charge in [0.2, 0.25) is 5.88 Å². The number of ether oxygens (including phenoxy) is 1. The summed E-state index contributed by atoms with van der Waals surface area (Å²) in [5.41, 5.74) is 0.0444. The molecule has 0 radical (unpaired) electrons. The summed E-state index contributed by atoms with van der Waals surface area (Å²) in [4.78, 5) is 26.6. The minimum Gasteiger partial charge on any atom is -0.437 e. The van der Waals surface area contributed by atoms with Crippen molar-refractivity contribution < 1.29 is 27.6 Å². The van der Waals surface area contributed by atoms with Gasteiger partial charge in [0.15, 0.2) is 0 Å². The molecule has 2 aromatic carbocycles. The van der Waals surface area contributed by atoms with Gasteiger partial charge in [0.1, 0.15) is 10.8 Å². The number of carbonyl (C=O) groups is 1. The Kier molecular flexibility index (Phi) is 6.80. The van der Waals surface area contributed by atoms with Crippen molar-refractivity contribution in [1.82, 2.24) is 4.98 Å². The van der Waals surface area contributed by atoms with E-state index < -0.39 is 22.6 Å². The number of amides is 1. The molecule has 172 valence electrons. The summed E-state index contributed by atoms with van der Waals surface area (Å²) >= 11 is 11.9. The minimum absolute atomic E-state index is 0.0375. The van der Waals surface area contributed by atoms with Gasteiger partial charge in [0.05, 0.1) is 21.1 Å². The van der Waals surface area contributed by atoms with Gasteiger partial charge in [-0.3, -0.25) is 14.9 Å². The number of nitro benzene ring substituents is 1. The van der Waals surface area contributed by atoms with Gasteiger partial charge in [0, 0.05) is 24.0 Å². The molecule has 0 unspecified atom stereocenters. The number of nitrogens with one attached hydrogen (secondary N) is 1. The summed E-state index contributed by atoms with van der Waals surface area (Å²) in [5, 5.41) is 13.3. The molecular weight excluding hydrogens is 486 g/mol. The lowest BCUT2D eigenvalue weighted by Gasteiger charge is -2.15. The van der Waals surface area contributed by atoms with Gasteiger partial charge in [-0.15, -0.1) is 0 Å². The molecule has 0 aliphatic rings. The van der Waals surface area contributed by atoms with Gasteiger partial charge in [-0.05, 0) is 49.2 Å². The van der Waals surface area contributed by atoms with Crippen LogP contribution in [0.5, 0.6) is 11.6 Å². The third-order valence-corrected chi connectivity index (χ3v) is 5.12. The Morgan fingerprint density at radius 3 is 2.39 bits per heavy atom. The second-order valence-electron chi connectivity index (χ2n) is 6.92. The average molecular weight is 500 g/mol. The molecule has 3 aromatic rings. The maximum atomic E-state index is 12.8. The lowest BCUT2D eigenvalue weighted by molar-refractivity contribution is -0.384. The molecule has 0 bridgehead atoms. The summed E-state index contributed by atoms with van der Waals surface area (Å²) in [6.07, 6.45) is -3.98. The van der Waals surface area contributed by atoms with Gasteiger partial charge in [-0.2, -0.15) is 13.2 Å². The van der Waals surface area contributed by atoms with Crippen molar-refractivity contribution in [3.05, 3.63) is 85.0 Å². The molecule has 0 spiro atoms. The Morgan fingerprint density at radius 1 is 1.09 bits per heavy atom. The van der Waals surface area contributed by atoms with Crippen LogP contribution >= 0.6 is 23.2 Å². The number of pyridine rings is 1. The van der Waals surface area contributed by atoms with Crippen molar-refractivity contribution in [2.75, 3.05) is 5.32 Å². The number of nitro groups is 1. The molecule has 0 saturated heterocycles. The zero-order valence-corrected chi connectivity index (χ0v) is 18.5. The first-order chi connectivity index (χ1) is 15.4. The van der Waals surface area contributed by atoms with E-state index in [0.717, 1.165) is 6.07 Å². The quantitative estimate of drug-likeness (QED) is 0.302. The highest BCUT2D eigenvalue weighted by molar-refractivity contribution is 6.34. The molecule has 12 heteroatoms. The third kappa shape index (κ3) is 5.52. The third-order valence-electron chi connectivity index (χ3n) is 4.52. The molecule has 0 saturated carbocycles. The highest BCUT2D eigenvalue weighted by atomic mass is 35.5. The van der Waals surface area contributed by atoms with Crippen molar-refractivity contribution in [3.63, 3.8) is 0 Å². The number of benzene rings is 2. The lowest BCUT2D eigenvalue weighted by Crippen LogP contribution is -2.14. The van der Waals surface area contributed by atoms with Gasteiger partial charge in [-0.1, -0.05) is 23.2 Å². The van der Waals surface area contributed by atoms with Gasteiger partial charge in [0.25, 0.3) is 11.6 Å². The van der Waals surface area contributed by atoms with Crippen LogP contribution in [0.1, 0.15) is 27.0 Å². The van der Waals surface area contributed by atoms with Crippen LogP contribution in [0.15, 0.2) is 42.6 Å². The Morgan fingerprint density at radius 2 is 1.79 bits per heavy atom. The topological polar surface area (TPSA) is 94.4 Å². The number of rotatable bonds is 5. The first-order valence-corrected chi connectivity index (χ1v) is 9.89. The van der Waals surface area contributed by atoms with E-state index in [-0.39, 0.29) is 32.9 Å². The van der Waals surface area contributed by atoms with Crippen LogP contribution < -0.4 is 10.1 Å². The van der Waals surface area contributed by atoms with Gasteiger partial charge in [-0.25, -0.2) is 4.98 Å². The molecule has 7 nitrogen and oxygen atoms in total. The summed E-state index contributed by atoms with van der Waals surface area (Å²) in [6, 6.07) is 7.31. The number of alkyl halides is 3. The van der Waals surface area contributed by atoms with Gasteiger partial charge >= 0.3 is 6.18 Å². The number of anilines is 1. The van der Waals surface area contributed by atoms with Crippen molar-refractivity contribution in [2.45, 2.75) is 20.0 Å². The number of aromatic nitrogens is 1. The van der Waals surface area contributed by atoms with E-state index in [1.54, 1.807) is 19.9 Å². The molecule has 3 rings (SSSR count). The predicted octanol–water partition coefficient (Wildman–Crippen LogP) is 6.98. The molecule has 0 atom stereocenters. The van der Waals surface area contributed by atoms with Crippen LogP contribution in [0.2, 0.25) is 10.0 Å². The van der Waals surface area contributed by atoms with Crippen molar-refractivity contribution in [2.24, 2.45) is 0 Å². The summed E-state index contributed by atoms with van der Waals surface area (Å²) in [5.74, 6) is -0.618. The molecular formula is C21H14Cl2F3N3O4. The minimum atomic E-state index is -4.59. The fourth-order valence-corrected chi connectivity index (χ4v) is 3.19. The smallest absolute Gasteiger partial charge is 0.417 e. The number of carbonyl (C=O) groups excluding carboxylic acids is 1. The standard InChI is InChI=1S/C21H14Cl2F3N3O4/c1-10-6-18(33-20-16(23)7-12(9-27-20)21(24,25)26)11(2)5-17(10)28-19(30)14-8-13(29(31)32)3-4-15(14)22/h3-9H,1-2H3,(H,28,30). The van der Waals surface area contributed by atoms with E-state index in [0.29, 0.717) is 29.1 Å². The average Bonchev–Trinajstić information content (AvgIpc) is 2.72. The summed E-state index contributed by atoms with van der Waals surface area (Å²) in [6.45, 7) is 3.29. The second kappa shape index (κ2) is 9.24. The van der Waals surface area contributed by atoms with Gasteiger partial charge < -0.3 is 10.1 Å². The molecule has 1 aromatic heterocycles. The molecule has 1 N–H and O–H groups in total. The Bertz CT molecular complexity index is 1270. The van der Waals surface area contributed by atoms with Crippen LogP contribution in [0.3, 0.4) is 0 Å². The fourth-order valence-electron chi connectivity index (χ4n) is 2.78. The van der Waals surface area contributed by atoms with Crippen molar-refractivity contribution >= 4 is 40.5 Å². The summed E-state index contributed by atoms with van der Waals surface area (Å²) in [7, 11) is 0. The van der Waals surface area contributed by atoms with Crippen molar-refractivity contribution in [3.8, 4) is 11.6 Å². The number of nitrogens with zero attached hydrogens (tertiary/aromatic N) is 2. The monoisotopic (exact) mass is 499 g/mol. The largest absolute Gasteiger partial charge is 0.437 e. The Hall–Kier alpha value is -3.37. The highest BCUT2D eigenvalue weighted by Gasteiger charge is 2.32. The number of aryl methyl sites for hydroxylation is 2. The van der Waals surface area contributed by atoms with Crippen LogP contribution in [-0.4, -0.2) is 15.8 Å².